The van der Waals surface area contributed by atoms with Crippen molar-refractivity contribution in [3.05, 3.63) is 41.9 Å². The van der Waals surface area contributed by atoms with Gasteiger partial charge >= 0.3 is 0 Å². The van der Waals surface area contributed by atoms with Crippen molar-refractivity contribution in [2.75, 3.05) is 7.11 Å². The maximum atomic E-state index is 5.20. The monoisotopic (exact) mass is 242 g/mol. The van der Waals surface area contributed by atoms with E-state index in [2.05, 4.69) is 16.0 Å². The number of benzene rings is 1. The molecule has 0 saturated carbocycles. The van der Waals surface area contributed by atoms with E-state index >= 15 is 0 Å². The van der Waals surface area contributed by atoms with E-state index in [0.717, 1.165) is 27.4 Å². The van der Waals surface area contributed by atoms with Crippen molar-refractivity contribution in [1.82, 2.24) is 9.97 Å². The summed E-state index contributed by atoms with van der Waals surface area (Å²) in [6.45, 7) is 0. The summed E-state index contributed by atoms with van der Waals surface area (Å²) in [7, 11) is 1.66. The zero-order valence-corrected chi connectivity index (χ0v) is 10.1. The highest BCUT2D eigenvalue weighted by Gasteiger charge is 2.04. The summed E-state index contributed by atoms with van der Waals surface area (Å²) in [6.07, 6.45) is 1.79. The van der Waals surface area contributed by atoms with Crippen LogP contribution in [0.1, 0.15) is 0 Å². The molecule has 0 aliphatic carbocycles. The maximum absolute atomic E-state index is 5.20. The fraction of sp³-hybridized carbons (Fsp3) is 0.0769. The van der Waals surface area contributed by atoms with Gasteiger partial charge in [0.2, 0.25) is 0 Å². The predicted octanol–water partition coefficient (Wildman–Crippen LogP) is 3.37. The lowest BCUT2D eigenvalue weighted by Gasteiger charge is -2.03. The summed E-state index contributed by atoms with van der Waals surface area (Å²) in [5, 5.41) is 3.99. The van der Waals surface area contributed by atoms with Crippen molar-refractivity contribution in [3.8, 4) is 16.5 Å². The fourth-order valence-corrected chi connectivity index (χ4v) is 2.30. The Bertz CT molecular complexity index is 650. The van der Waals surface area contributed by atoms with Gasteiger partial charge in [-0.15, -0.1) is 11.3 Å². The van der Waals surface area contributed by atoms with Gasteiger partial charge in [0.15, 0.2) is 0 Å². The Labute approximate surface area is 103 Å². The van der Waals surface area contributed by atoms with Gasteiger partial charge in [-0.3, -0.25) is 0 Å². The van der Waals surface area contributed by atoms with E-state index < -0.39 is 0 Å². The summed E-state index contributed by atoms with van der Waals surface area (Å²) in [4.78, 5) is 8.85. The molecule has 4 heteroatoms. The van der Waals surface area contributed by atoms with Crippen LogP contribution in [0.5, 0.6) is 5.75 Å². The Morgan fingerprint density at radius 3 is 2.82 bits per heavy atom. The Kier molecular flexibility index (Phi) is 2.49. The molecule has 0 amide bonds. The fourth-order valence-electron chi connectivity index (χ4n) is 1.69. The Hall–Kier alpha value is -1.94. The van der Waals surface area contributed by atoms with Crippen molar-refractivity contribution >= 4 is 22.2 Å². The lowest BCUT2D eigenvalue weighted by molar-refractivity contribution is 0.415. The van der Waals surface area contributed by atoms with Gasteiger partial charge in [0.1, 0.15) is 10.8 Å². The first-order chi connectivity index (χ1) is 8.36. The quantitative estimate of drug-likeness (QED) is 0.691. The van der Waals surface area contributed by atoms with E-state index in [9.17, 15) is 0 Å². The molecule has 0 spiro atoms. The Morgan fingerprint density at radius 2 is 2.06 bits per heavy atom. The molecule has 0 aliphatic rings. The molecule has 1 aromatic carbocycles. The molecule has 2 aromatic heterocycles. The Morgan fingerprint density at radius 1 is 1.18 bits per heavy atom. The second kappa shape index (κ2) is 4.14. The van der Waals surface area contributed by atoms with Crippen molar-refractivity contribution in [3.63, 3.8) is 0 Å². The number of hydrogen-bond donors (Lipinski definition) is 0. The first-order valence-corrected chi connectivity index (χ1v) is 6.09. The van der Waals surface area contributed by atoms with E-state index in [4.69, 9.17) is 4.74 Å². The number of fused-ring (bicyclic) bond motifs is 1. The molecule has 3 nitrogen and oxygen atoms in total. The molecule has 2 heterocycles. The topological polar surface area (TPSA) is 35.0 Å². The molecular weight excluding hydrogens is 232 g/mol. The van der Waals surface area contributed by atoms with E-state index in [-0.39, 0.29) is 0 Å². The third-order valence-electron chi connectivity index (χ3n) is 2.55. The highest BCUT2D eigenvalue weighted by molar-refractivity contribution is 7.13. The number of pyridine rings is 1. The second-order valence-corrected chi connectivity index (χ2v) is 4.49. The van der Waals surface area contributed by atoms with Gasteiger partial charge in [-0.1, -0.05) is 6.07 Å². The third kappa shape index (κ3) is 1.87. The number of nitrogens with zero attached hydrogens (tertiary/aromatic N) is 2. The standard InChI is InChI=1S/C13H10N2OS/c1-16-10-4-2-9-3-5-11(15-12(9)8-10)13-14-6-7-17-13/h2-8H,1H3. The predicted molar refractivity (Wildman–Crippen MR) is 69.4 cm³/mol. The molecule has 3 aromatic rings. The minimum absolute atomic E-state index is 0.821. The summed E-state index contributed by atoms with van der Waals surface area (Å²) in [5.41, 5.74) is 1.83. The molecule has 0 unspecified atom stereocenters. The molecule has 0 bridgehead atoms. The zero-order chi connectivity index (χ0) is 11.7. The molecule has 0 aliphatic heterocycles. The summed E-state index contributed by atoms with van der Waals surface area (Å²) in [6, 6.07) is 9.93. The first kappa shape index (κ1) is 10.2. The van der Waals surface area contributed by atoms with Crippen LogP contribution in [0.15, 0.2) is 41.9 Å². The molecule has 0 saturated heterocycles. The summed E-state index contributed by atoms with van der Waals surface area (Å²) < 4.78 is 5.20. The normalized spacial score (nSPS) is 10.6. The van der Waals surface area contributed by atoms with E-state index in [0.29, 0.717) is 0 Å². The van der Waals surface area contributed by atoms with Crippen molar-refractivity contribution in [1.29, 1.82) is 0 Å². The van der Waals surface area contributed by atoms with Crippen molar-refractivity contribution in [2.24, 2.45) is 0 Å². The van der Waals surface area contributed by atoms with E-state index in [1.807, 2.05) is 29.6 Å². The summed E-state index contributed by atoms with van der Waals surface area (Å²) >= 11 is 1.59. The lowest BCUT2D eigenvalue weighted by atomic mass is 10.2. The van der Waals surface area contributed by atoms with Crippen LogP contribution < -0.4 is 4.74 Å². The maximum Gasteiger partial charge on any atom is 0.141 e. The van der Waals surface area contributed by atoms with E-state index in [1.54, 1.807) is 24.6 Å². The van der Waals surface area contributed by atoms with Crippen LogP contribution in [0.25, 0.3) is 21.6 Å². The third-order valence-corrected chi connectivity index (χ3v) is 3.35. The van der Waals surface area contributed by atoms with E-state index in [1.165, 1.54) is 0 Å². The lowest BCUT2D eigenvalue weighted by Crippen LogP contribution is -1.87. The number of ether oxygens (including phenoxy) is 1. The highest BCUT2D eigenvalue weighted by Crippen LogP contribution is 2.24. The minimum Gasteiger partial charge on any atom is -0.497 e. The minimum atomic E-state index is 0.821. The first-order valence-electron chi connectivity index (χ1n) is 5.21. The number of methoxy groups -OCH3 is 1. The van der Waals surface area contributed by atoms with Crippen LogP contribution in [-0.2, 0) is 0 Å². The van der Waals surface area contributed by atoms with Crippen LogP contribution in [0, 0.1) is 0 Å². The van der Waals surface area contributed by atoms with Gasteiger partial charge in [-0.2, -0.15) is 0 Å². The molecule has 3 rings (SSSR count). The molecular formula is C13H10N2OS. The number of aromatic nitrogens is 2. The van der Waals surface area contributed by atoms with Gasteiger partial charge < -0.3 is 4.74 Å². The van der Waals surface area contributed by atoms with Crippen molar-refractivity contribution < 1.29 is 4.74 Å². The van der Waals surface area contributed by atoms with Gasteiger partial charge in [0.05, 0.1) is 18.3 Å². The molecule has 0 fully saturated rings. The number of rotatable bonds is 2. The zero-order valence-electron chi connectivity index (χ0n) is 9.25. The number of thiazole rings is 1. The highest BCUT2D eigenvalue weighted by atomic mass is 32.1. The van der Waals surface area contributed by atoms with Gasteiger partial charge in [-0.05, 0) is 18.2 Å². The van der Waals surface area contributed by atoms with Crippen LogP contribution in [0.2, 0.25) is 0 Å². The molecule has 0 atom stereocenters. The summed E-state index contributed by atoms with van der Waals surface area (Å²) in [5.74, 6) is 0.821. The molecule has 17 heavy (non-hydrogen) atoms. The molecule has 0 radical (unpaired) electrons. The Balaban J connectivity index is 2.17. The van der Waals surface area contributed by atoms with Crippen LogP contribution in [0.4, 0.5) is 0 Å². The molecule has 84 valence electrons. The van der Waals surface area contributed by atoms with Crippen LogP contribution >= 0.6 is 11.3 Å². The smallest absolute Gasteiger partial charge is 0.141 e. The van der Waals surface area contributed by atoms with Crippen molar-refractivity contribution in [2.45, 2.75) is 0 Å². The van der Waals surface area contributed by atoms with Crippen LogP contribution in [0.3, 0.4) is 0 Å². The second-order valence-electron chi connectivity index (χ2n) is 3.59. The average Bonchev–Trinajstić information content (AvgIpc) is 2.91. The molecule has 0 N–H and O–H groups in total. The van der Waals surface area contributed by atoms with Gasteiger partial charge in [0.25, 0.3) is 0 Å². The van der Waals surface area contributed by atoms with Gasteiger partial charge in [0, 0.05) is 23.0 Å². The van der Waals surface area contributed by atoms with Crippen LogP contribution in [-0.4, -0.2) is 17.1 Å². The average molecular weight is 242 g/mol. The SMILES string of the molecule is COc1ccc2ccc(-c3nccs3)nc2c1. The number of hydrogen-bond acceptors (Lipinski definition) is 4. The largest absolute Gasteiger partial charge is 0.497 e. The van der Waals surface area contributed by atoms with Gasteiger partial charge in [-0.25, -0.2) is 9.97 Å².